The Morgan fingerprint density at radius 3 is 2.43 bits per heavy atom. The van der Waals surface area contributed by atoms with Crippen LogP contribution in [-0.2, 0) is 11.3 Å². The molecule has 0 spiro atoms. The van der Waals surface area contributed by atoms with E-state index in [1.807, 2.05) is 54.3 Å². The highest BCUT2D eigenvalue weighted by molar-refractivity contribution is 5.78. The highest BCUT2D eigenvalue weighted by atomic mass is 16.2. The van der Waals surface area contributed by atoms with Crippen LogP contribution < -0.4 is 5.56 Å². The van der Waals surface area contributed by atoms with Crippen molar-refractivity contribution in [2.24, 2.45) is 0 Å². The molecular formula is C25H25N3O2. The summed E-state index contributed by atoms with van der Waals surface area (Å²) >= 11 is 0. The van der Waals surface area contributed by atoms with Crippen LogP contribution in [0, 0.1) is 6.92 Å². The Bertz CT molecular complexity index is 1120. The SMILES string of the molecule is Cc1ccc(-c2ccc(=O)n(CCC(=O)N3CC=C(c4ccccc4)CC3)n2)cc1. The van der Waals surface area contributed by atoms with Crippen LogP contribution in [-0.4, -0.2) is 33.7 Å². The summed E-state index contributed by atoms with van der Waals surface area (Å²) in [6.07, 6.45) is 3.23. The van der Waals surface area contributed by atoms with Gasteiger partial charge in [0, 0.05) is 31.1 Å². The summed E-state index contributed by atoms with van der Waals surface area (Å²) in [5, 5.41) is 4.46. The van der Waals surface area contributed by atoms with Gasteiger partial charge < -0.3 is 4.90 Å². The number of amides is 1. The lowest BCUT2D eigenvalue weighted by atomic mass is 9.99. The zero-order chi connectivity index (χ0) is 20.9. The first-order chi connectivity index (χ1) is 14.6. The lowest BCUT2D eigenvalue weighted by molar-refractivity contribution is -0.131. The van der Waals surface area contributed by atoms with Crippen LogP contribution in [0.5, 0.6) is 0 Å². The number of aromatic nitrogens is 2. The number of hydrogen-bond donors (Lipinski definition) is 0. The summed E-state index contributed by atoms with van der Waals surface area (Å²) in [7, 11) is 0. The number of hydrogen-bond acceptors (Lipinski definition) is 3. The van der Waals surface area contributed by atoms with Crippen LogP contribution in [0.3, 0.4) is 0 Å². The summed E-state index contributed by atoms with van der Waals surface area (Å²) < 4.78 is 1.39. The molecule has 2 aromatic carbocycles. The third kappa shape index (κ3) is 4.57. The van der Waals surface area contributed by atoms with Crippen LogP contribution >= 0.6 is 0 Å². The minimum atomic E-state index is -0.191. The Morgan fingerprint density at radius 1 is 0.967 bits per heavy atom. The number of benzene rings is 2. The van der Waals surface area contributed by atoms with Gasteiger partial charge in [-0.2, -0.15) is 5.10 Å². The van der Waals surface area contributed by atoms with E-state index in [1.165, 1.54) is 27.4 Å². The van der Waals surface area contributed by atoms with E-state index < -0.39 is 0 Å². The second kappa shape index (κ2) is 8.91. The van der Waals surface area contributed by atoms with E-state index in [-0.39, 0.29) is 24.4 Å². The van der Waals surface area contributed by atoms with Gasteiger partial charge in [0.25, 0.3) is 5.56 Å². The maximum atomic E-state index is 12.7. The Hall–Kier alpha value is -3.47. The zero-order valence-electron chi connectivity index (χ0n) is 17.1. The second-order valence-electron chi connectivity index (χ2n) is 7.58. The van der Waals surface area contributed by atoms with Gasteiger partial charge >= 0.3 is 0 Å². The molecule has 0 radical (unpaired) electrons. The summed E-state index contributed by atoms with van der Waals surface area (Å²) in [5.74, 6) is 0.0489. The average Bonchev–Trinajstić information content (AvgIpc) is 2.79. The predicted molar refractivity (Wildman–Crippen MR) is 119 cm³/mol. The van der Waals surface area contributed by atoms with Gasteiger partial charge in [0.1, 0.15) is 0 Å². The molecule has 1 aliphatic rings. The van der Waals surface area contributed by atoms with Gasteiger partial charge in [-0.25, -0.2) is 4.68 Å². The Labute approximate surface area is 176 Å². The fourth-order valence-electron chi connectivity index (χ4n) is 3.66. The molecule has 1 aliphatic heterocycles. The van der Waals surface area contributed by atoms with E-state index in [0.717, 1.165) is 17.7 Å². The van der Waals surface area contributed by atoms with Crippen LogP contribution in [0.1, 0.15) is 24.0 Å². The number of aryl methyl sites for hydroxylation is 2. The second-order valence-corrected chi connectivity index (χ2v) is 7.58. The molecule has 3 aromatic rings. The van der Waals surface area contributed by atoms with Crippen LogP contribution in [0.4, 0.5) is 0 Å². The number of rotatable bonds is 5. The quantitative estimate of drug-likeness (QED) is 0.653. The molecule has 4 rings (SSSR count). The minimum Gasteiger partial charge on any atom is -0.339 e. The first-order valence-corrected chi connectivity index (χ1v) is 10.3. The summed E-state index contributed by atoms with van der Waals surface area (Å²) in [4.78, 5) is 26.7. The van der Waals surface area contributed by atoms with E-state index in [0.29, 0.717) is 13.1 Å². The Morgan fingerprint density at radius 2 is 1.73 bits per heavy atom. The van der Waals surface area contributed by atoms with E-state index in [1.54, 1.807) is 6.07 Å². The molecule has 0 saturated heterocycles. The van der Waals surface area contributed by atoms with Crippen LogP contribution in [0.15, 0.2) is 77.6 Å². The molecule has 152 valence electrons. The normalized spacial score (nSPS) is 13.8. The molecule has 0 fully saturated rings. The fourth-order valence-corrected chi connectivity index (χ4v) is 3.66. The van der Waals surface area contributed by atoms with Gasteiger partial charge in [0.2, 0.25) is 5.91 Å². The fraction of sp³-hybridized carbons (Fsp3) is 0.240. The summed E-state index contributed by atoms with van der Waals surface area (Å²) in [6.45, 7) is 3.62. The van der Waals surface area contributed by atoms with Crippen molar-refractivity contribution >= 4 is 11.5 Å². The highest BCUT2D eigenvalue weighted by Crippen LogP contribution is 2.22. The average molecular weight is 399 g/mol. The first-order valence-electron chi connectivity index (χ1n) is 10.3. The molecule has 0 aliphatic carbocycles. The molecule has 30 heavy (non-hydrogen) atoms. The van der Waals surface area contributed by atoms with E-state index in [9.17, 15) is 9.59 Å². The van der Waals surface area contributed by atoms with Crippen LogP contribution in [0.25, 0.3) is 16.8 Å². The van der Waals surface area contributed by atoms with Crippen molar-refractivity contribution in [3.8, 4) is 11.3 Å². The van der Waals surface area contributed by atoms with Crippen molar-refractivity contribution in [3.63, 3.8) is 0 Å². The minimum absolute atomic E-state index is 0.0489. The van der Waals surface area contributed by atoms with Gasteiger partial charge in [-0.05, 0) is 30.5 Å². The molecule has 5 heteroatoms. The molecule has 2 heterocycles. The van der Waals surface area contributed by atoms with Crippen molar-refractivity contribution in [1.82, 2.24) is 14.7 Å². The molecule has 5 nitrogen and oxygen atoms in total. The molecule has 0 atom stereocenters. The molecule has 1 aromatic heterocycles. The first kappa shape index (κ1) is 19.8. The summed E-state index contributed by atoms with van der Waals surface area (Å²) in [6, 6.07) is 21.5. The highest BCUT2D eigenvalue weighted by Gasteiger charge is 2.18. The number of carbonyl (C=O) groups is 1. The third-order valence-electron chi connectivity index (χ3n) is 5.46. The van der Waals surface area contributed by atoms with E-state index in [4.69, 9.17) is 0 Å². The summed E-state index contributed by atoms with van der Waals surface area (Å²) in [5.41, 5.74) is 5.16. The maximum absolute atomic E-state index is 12.7. The Balaban J connectivity index is 1.39. The van der Waals surface area contributed by atoms with Crippen molar-refractivity contribution < 1.29 is 4.79 Å². The van der Waals surface area contributed by atoms with Crippen molar-refractivity contribution in [2.75, 3.05) is 13.1 Å². The van der Waals surface area contributed by atoms with Crippen molar-refractivity contribution in [3.05, 3.63) is 94.3 Å². The van der Waals surface area contributed by atoms with Gasteiger partial charge in [-0.1, -0.05) is 66.2 Å². The molecule has 0 saturated carbocycles. The Kier molecular flexibility index (Phi) is 5.89. The smallest absolute Gasteiger partial charge is 0.266 e. The number of carbonyl (C=O) groups excluding carboxylic acids is 1. The van der Waals surface area contributed by atoms with Gasteiger partial charge in [0.05, 0.1) is 12.2 Å². The zero-order valence-corrected chi connectivity index (χ0v) is 17.1. The van der Waals surface area contributed by atoms with E-state index in [2.05, 4.69) is 23.3 Å². The van der Waals surface area contributed by atoms with Gasteiger partial charge in [-0.15, -0.1) is 0 Å². The van der Waals surface area contributed by atoms with Gasteiger partial charge in [-0.3, -0.25) is 9.59 Å². The standard InChI is InChI=1S/C25H25N3O2/c1-19-7-9-22(10-8-19)23-11-12-25(30)28(26-23)18-15-24(29)27-16-13-21(14-17-27)20-5-3-2-4-6-20/h2-13H,14-18H2,1H3. The third-order valence-corrected chi connectivity index (χ3v) is 5.46. The topological polar surface area (TPSA) is 55.2 Å². The van der Waals surface area contributed by atoms with Gasteiger partial charge in [0.15, 0.2) is 0 Å². The van der Waals surface area contributed by atoms with Crippen molar-refractivity contribution in [1.29, 1.82) is 0 Å². The molecule has 1 amide bonds. The van der Waals surface area contributed by atoms with Crippen molar-refractivity contribution in [2.45, 2.75) is 26.3 Å². The lowest BCUT2D eigenvalue weighted by Crippen LogP contribution is -2.36. The molecule has 0 N–H and O–H groups in total. The lowest BCUT2D eigenvalue weighted by Gasteiger charge is -2.26. The number of nitrogens with zero attached hydrogens (tertiary/aromatic N) is 3. The largest absolute Gasteiger partial charge is 0.339 e. The maximum Gasteiger partial charge on any atom is 0.266 e. The predicted octanol–water partition coefficient (Wildman–Crippen LogP) is 3.92. The van der Waals surface area contributed by atoms with E-state index >= 15 is 0 Å². The molecular weight excluding hydrogens is 374 g/mol. The van der Waals surface area contributed by atoms with Crippen LogP contribution in [0.2, 0.25) is 0 Å². The molecule has 0 unspecified atom stereocenters. The molecule has 0 bridgehead atoms. The monoisotopic (exact) mass is 399 g/mol.